The van der Waals surface area contributed by atoms with Gasteiger partial charge in [-0.25, -0.2) is 0 Å². The molecule has 0 radical (unpaired) electrons. The molecule has 0 aromatic heterocycles. The molecule has 76 valence electrons. The number of nitrogens with zero attached hydrogens (tertiary/aromatic N) is 1. The number of rotatable bonds is 5. The van der Waals surface area contributed by atoms with E-state index in [1.54, 1.807) is 7.05 Å². The summed E-state index contributed by atoms with van der Waals surface area (Å²) in [5.74, 6) is -0.279. The largest absolute Gasteiger partial charge is 0.524 e. The minimum atomic E-state index is -2.26. The van der Waals surface area contributed by atoms with Gasteiger partial charge in [-0.15, -0.1) is 0 Å². The molecular formula is C6H16N4O2P+. The fourth-order valence-corrected chi connectivity index (χ4v) is 1.12. The summed E-state index contributed by atoms with van der Waals surface area (Å²) in [5, 5.41) is 2.82. The van der Waals surface area contributed by atoms with Crippen LogP contribution in [-0.4, -0.2) is 30.2 Å². The Hall–Kier alpha value is -0.710. The maximum Gasteiger partial charge on any atom is 0.524 e. The molecule has 0 saturated carbocycles. The van der Waals surface area contributed by atoms with Crippen molar-refractivity contribution in [1.29, 1.82) is 0 Å². The van der Waals surface area contributed by atoms with Crippen molar-refractivity contribution in [2.75, 3.05) is 13.6 Å². The van der Waals surface area contributed by atoms with Crippen molar-refractivity contribution >= 4 is 14.0 Å². The van der Waals surface area contributed by atoms with Gasteiger partial charge >= 0.3 is 8.03 Å². The second-order valence-electron chi connectivity index (χ2n) is 2.55. The third kappa shape index (κ3) is 6.45. The van der Waals surface area contributed by atoms with Crippen LogP contribution in [-0.2, 0) is 4.57 Å². The number of hydrogen-bond acceptors (Lipinski definition) is 3. The zero-order chi connectivity index (χ0) is 10.3. The smallest absolute Gasteiger partial charge is 0.370 e. The Balaban J connectivity index is 3.41. The van der Waals surface area contributed by atoms with Gasteiger partial charge in [0.05, 0.1) is 0 Å². The Morgan fingerprint density at radius 2 is 2.38 bits per heavy atom. The fourth-order valence-electron chi connectivity index (χ4n) is 0.717. The molecule has 0 aliphatic rings. The van der Waals surface area contributed by atoms with E-state index < -0.39 is 13.8 Å². The van der Waals surface area contributed by atoms with Crippen molar-refractivity contribution < 1.29 is 9.46 Å². The monoisotopic (exact) mass is 207 g/mol. The zero-order valence-corrected chi connectivity index (χ0v) is 8.50. The summed E-state index contributed by atoms with van der Waals surface area (Å²) in [6.45, 7) is 0.611. The molecule has 0 heterocycles. The summed E-state index contributed by atoms with van der Waals surface area (Å²) >= 11 is 0. The van der Waals surface area contributed by atoms with Gasteiger partial charge in [0.1, 0.15) is 0 Å². The van der Waals surface area contributed by atoms with Crippen LogP contribution in [0.2, 0.25) is 0 Å². The molecule has 0 aromatic rings. The van der Waals surface area contributed by atoms with Gasteiger partial charge in [0.15, 0.2) is 5.96 Å². The molecule has 0 saturated heterocycles. The molecule has 0 spiro atoms. The summed E-state index contributed by atoms with van der Waals surface area (Å²) in [6, 6.07) is 0. The highest BCUT2D eigenvalue weighted by atomic mass is 31.1. The molecule has 0 aliphatic carbocycles. The van der Waals surface area contributed by atoms with Crippen molar-refractivity contribution in [2.45, 2.75) is 18.6 Å². The van der Waals surface area contributed by atoms with Crippen molar-refractivity contribution in [3.63, 3.8) is 0 Å². The topological polar surface area (TPSA) is 114 Å². The van der Waals surface area contributed by atoms with Crippen molar-refractivity contribution in [3.05, 3.63) is 0 Å². The summed E-state index contributed by atoms with van der Waals surface area (Å²) in [5.41, 5.74) is 10.7. The van der Waals surface area contributed by atoms with Gasteiger partial charge in [0.2, 0.25) is 5.78 Å². The van der Waals surface area contributed by atoms with Crippen LogP contribution in [0.15, 0.2) is 4.99 Å². The molecule has 0 aromatic carbocycles. The molecule has 0 amide bonds. The Labute approximate surface area is 78.3 Å². The van der Waals surface area contributed by atoms with Crippen LogP contribution in [0.3, 0.4) is 0 Å². The minimum absolute atomic E-state index is 0.363. The lowest BCUT2D eigenvalue weighted by Crippen LogP contribution is -2.32. The Kier molecular flexibility index (Phi) is 6.40. The summed E-state index contributed by atoms with van der Waals surface area (Å²) in [6.07, 6.45) is 1.19. The van der Waals surface area contributed by atoms with E-state index in [0.29, 0.717) is 25.3 Å². The van der Waals surface area contributed by atoms with E-state index >= 15 is 0 Å². The average Bonchev–Trinajstić information content (AvgIpc) is 2.11. The van der Waals surface area contributed by atoms with Crippen LogP contribution in [0.5, 0.6) is 0 Å². The third-order valence-electron chi connectivity index (χ3n) is 1.51. The molecule has 0 fully saturated rings. The number of aliphatic imine (C=N–C) groups is 1. The van der Waals surface area contributed by atoms with E-state index in [-0.39, 0.29) is 0 Å². The lowest BCUT2D eigenvalue weighted by Gasteiger charge is -2.03. The maximum atomic E-state index is 10.4. The normalized spacial score (nSPS) is 15.3. The molecule has 6 nitrogen and oxygen atoms in total. The minimum Gasteiger partial charge on any atom is -0.370 e. The van der Waals surface area contributed by atoms with Gasteiger partial charge in [0.25, 0.3) is 0 Å². The quantitative estimate of drug-likeness (QED) is 0.206. The van der Waals surface area contributed by atoms with Gasteiger partial charge in [-0.3, -0.25) is 10.7 Å². The zero-order valence-electron chi connectivity index (χ0n) is 7.60. The summed E-state index contributed by atoms with van der Waals surface area (Å²) in [7, 11) is -0.677. The standard InChI is InChI=1S/C6H15N4O2P/c1-9-6(8)10-4-2-3-5(7)13(11)12/h5H,2-4,7H2,1H3,(H3-,8,9,10,11,12)/p+1. The number of nitrogens with one attached hydrogen (secondary N) is 1. The molecule has 2 unspecified atom stereocenters. The molecule has 13 heavy (non-hydrogen) atoms. The van der Waals surface area contributed by atoms with Crippen LogP contribution < -0.4 is 16.8 Å². The molecule has 0 bridgehead atoms. The van der Waals surface area contributed by atoms with Crippen LogP contribution in [0, 0.1) is 0 Å². The lowest BCUT2D eigenvalue weighted by atomic mass is 10.3. The Morgan fingerprint density at radius 1 is 1.77 bits per heavy atom. The van der Waals surface area contributed by atoms with Crippen LogP contribution in [0.1, 0.15) is 12.8 Å². The number of hydrogen-bond donors (Lipinski definition) is 4. The van der Waals surface area contributed by atoms with Crippen LogP contribution >= 0.6 is 8.03 Å². The van der Waals surface area contributed by atoms with E-state index in [1.807, 2.05) is 0 Å². The van der Waals surface area contributed by atoms with Gasteiger partial charge in [-0.05, 0) is 11.0 Å². The van der Waals surface area contributed by atoms with E-state index in [4.69, 9.17) is 16.4 Å². The van der Waals surface area contributed by atoms with Crippen molar-refractivity contribution in [1.82, 2.24) is 5.32 Å². The molecule has 2 atom stereocenters. The van der Waals surface area contributed by atoms with Crippen molar-refractivity contribution in [2.24, 2.45) is 16.5 Å². The second-order valence-corrected chi connectivity index (χ2v) is 3.82. The Bertz CT molecular complexity index is 197. The average molecular weight is 207 g/mol. The van der Waals surface area contributed by atoms with Gasteiger partial charge in [-0.2, -0.15) is 4.89 Å². The van der Waals surface area contributed by atoms with E-state index in [2.05, 4.69) is 10.3 Å². The van der Waals surface area contributed by atoms with E-state index in [1.165, 1.54) is 0 Å². The van der Waals surface area contributed by atoms with Crippen LogP contribution in [0.4, 0.5) is 0 Å². The SMILES string of the molecule is CN=C(N)NCCCC(N)[P+](=O)O. The van der Waals surface area contributed by atoms with Crippen molar-refractivity contribution in [3.8, 4) is 0 Å². The van der Waals surface area contributed by atoms with Gasteiger partial charge < -0.3 is 11.1 Å². The summed E-state index contributed by atoms with van der Waals surface area (Å²) in [4.78, 5) is 12.3. The first kappa shape index (κ1) is 12.3. The first-order valence-electron chi connectivity index (χ1n) is 3.95. The highest BCUT2D eigenvalue weighted by Crippen LogP contribution is 2.20. The number of nitrogens with two attached hydrogens (primary N) is 2. The van der Waals surface area contributed by atoms with E-state index in [0.717, 1.165) is 0 Å². The van der Waals surface area contributed by atoms with Crippen LogP contribution in [0.25, 0.3) is 0 Å². The highest BCUT2D eigenvalue weighted by molar-refractivity contribution is 7.38. The second kappa shape index (κ2) is 6.77. The van der Waals surface area contributed by atoms with Gasteiger partial charge in [-0.1, -0.05) is 0 Å². The maximum absolute atomic E-state index is 10.4. The fraction of sp³-hybridized carbons (Fsp3) is 0.833. The highest BCUT2D eigenvalue weighted by Gasteiger charge is 2.22. The molecule has 0 rings (SSSR count). The van der Waals surface area contributed by atoms with E-state index in [9.17, 15) is 4.57 Å². The predicted molar refractivity (Wildman–Crippen MR) is 52.6 cm³/mol. The Morgan fingerprint density at radius 3 is 2.85 bits per heavy atom. The first-order valence-corrected chi connectivity index (χ1v) is 5.23. The number of guanidine groups is 1. The molecular weight excluding hydrogens is 191 g/mol. The van der Waals surface area contributed by atoms with Gasteiger partial charge in [0, 0.05) is 20.0 Å². The first-order chi connectivity index (χ1) is 6.07. The molecule has 7 heteroatoms. The molecule has 6 N–H and O–H groups in total. The summed E-state index contributed by atoms with van der Waals surface area (Å²) < 4.78 is 10.4. The predicted octanol–water partition coefficient (Wildman–Crippen LogP) is -0.680. The molecule has 0 aliphatic heterocycles. The lowest BCUT2D eigenvalue weighted by molar-refractivity contribution is 0.482. The third-order valence-corrected chi connectivity index (χ3v) is 2.33.